The smallest absolute Gasteiger partial charge is 0.223 e. The van der Waals surface area contributed by atoms with Crippen LogP contribution in [0.25, 0.3) is 0 Å². The van der Waals surface area contributed by atoms with Crippen molar-refractivity contribution in [1.29, 1.82) is 0 Å². The highest BCUT2D eigenvalue weighted by atomic mass is 16.5. The van der Waals surface area contributed by atoms with Crippen LogP contribution in [0.15, 0.2) is 23.0 Å². The molecule has 0 unspecified atom stereocenters. The monoisotopic (exact) mass is 219 g/mol. The van der Waals surface area contributed by atoms with Crippen molar-refractivity contribution in [2.24, 2.45) is 0 Å². The summed E-state index contributed by atoms with van der Waals surface area (Å²) in [4.78, 5) is 6.45. The van der Waals surface area contributed by atoms with Crippen molar-refractivity contribution in [3.63, 3.8) is 0 Å². The number of hydrogen-bond acceptors (Lipinski definition) is 5. The molecule has 0 aliphatic carbocycles. The number of hydrogen-bond donors (Lipinski definition) is 0. The largest absolute Gasteiger partial charge is 0.340 e. The zero-order valence-electron chi connectivity index (χ0n) is 9.08. The molecule has 0 spiro atoms. The van der Waals surface area contributed by atoms with Crippen molar-refractivity contribution in [1.82, 2.24) is 24.8 Å². The van der Waals surface area contributed by atoms with Crippen LogP contribution in [-0.2, 0) is 6.54 Å². The molecule has 0 N–H and O–H groups in total. The van der Waals surface area contributed by atoms with Gasteiger partial charge in [-0.3, -0.25) is 9.58 Å². The Labute approximate surface area is 92.9 Å². The van der Waals surface area contributed by atoms with Crippen LogP contribution in [0, 0.1) is 6.92 Å². The van der Waals surface area contributed by atoms with E-state index in [1.165, 1.54) is 0 Å². The van der Waals surface area contributed by atoms with Crippen LogP contribution in [0.3, 0.4) is 0 Å². The van der Waals surface area contributed by atoms with Gasteiger partial charge in [-0.15, -0.1) is 0 Å². The third-order valence-electron chi connectivity index (χ3n) is 2.77. The average Bonchev–Trinajstić information content (AvgIpc) is 2.82. The van der Waals surface area contributed by atoms with Crippen molar-refractivity contribution >= 4 is 0 Å². The lowest BCUT2D eigenvalue weighted by atomic mass is 10.1. The highest BCUT2D eigenvalue weighted by Gasteiger charge is 2.29. The van der Waals surface area contributed by atoms with Crippen LogP contribution in [0.1, 0.15) is 17.8 Å². The molecule has 0 bridgehead atoms. The number of aromatic nitrogens is 4. The minimum absolute atomic E-state index is 0.489. The lowest BCUT2D eigenvalue weighted by molar-refractivity contribution is 0.0872. The highest BCUT2D eigenvalue weighted by Crippen LogP contribution is 2.21. The molecular formula is C10H13N5O. The zero-order chi connectivity index (χ0) is 11.0. The predicted octanol–water partition coefficient (Wildman–Crippen LogP) is 0.631. The van der Waals surface area contributed by atoms with Crippen LogP contribution in [-0.4, -0.2) is 37.9 Å². The Morgan fingerprint density at radius 3 is 3.00 bits per heavy atom. The van der Waals surface area contributed by atoms with Crippen molar-refractivity contribution < 1.29 is 4.52 Å². The van der Waals surface area contributed by atoms with Gasteiger partial charge in [0.15, 0.2) is 5.82 Å². The van der Waals surface area contributed by atoms with Gasteiger partial charge < -0.3 is 4.52 Å². The molecule has 16 heavy (non-hydrogen) atoms. The molecule has 1 fully saturated rings. The van der Waals surface area contributed by atoms with Gasteiger partial charge in [0, 0.05) is 32.4 Å². The van der Waals surface area contributed by atoms with Crippen LogP contribution in [0.2, 0.25) is 0 Å². The van der Waals surface area contributed by atoms with Crippen molar-refractivity contribution in [3.8, 4) is 0 Å². The van der Waals surface area contributed by atoms with Crippen molar-refractivity contribution in [2.45, 2.75) is 19.5 Å². The maximum absolute atomic E-state index is 4.93. The number of likely N-dealkylation sites (tertiary alicyclic amines) is 1. The van der Waals surface area contributed by atoms with E-state index in [4.69, 9.17) is 4.52 Å². The molecule has 0 atom stereocenters. The third-order valence-corrected chi connectivity index (χ3v) is 2.77. The average molecular weight is 219 g/mol. The number of rotatable bonds is 3. The van der Waals surface area contributed by atoms with E-state index in [0.29, 0.717) is 11.9 Å². The Bertz CT molecular complexity index is 457. The topological polar surface area (TPSA) is 60.0 Å². The van der Waals surface area contributed by atoms with E-state index in [1.54, 1.807) is 6.92 Å². The molecular weight excluding hydrogens is 206 g/mol. The molecule has 84 valence electrons. The summed E-state index contributed by atoms with van der Waals surface area (Å²) in [5.74, 6) is 1.38. The Morgan fingerprint density at radius 1 is 1.50 bits per heavy atom. The van der Waals surface area contributed by atoms with Gasteiger partial charge in [-0.2, -0.15) is 10.1 Å². The standard InChI is InChI=1S/C10H13N5O/c1-8-12-10(13-16-8)7-14-5-9(6-14)15-4-2-3-11-15/h2-4,9H,5-7H2,1H3. The second kappa shape index (κ2) is 3.71. The van der Waals surface area contributed by atoms with E-state index >= 15 is 0 Å². The van der Waals surface area contributed by atoms with Gasteiger partial charge in [0.05, 0.1) is 12.6 Å². The van der Waals surface area contributed by atoms with Gasteiger partial charge in [0.2, 0.25) is 5.89 Å². The van der Waals surface area contributed by atoms with Gasteiger partial charge in [-0.05, 0) is 6.07 Å². The van der Waals surface area contributed by atoms with E-state index in [-0.39, 0.29) is 0 Å². The lowest BCUT2D eigenvalue weighted by Crippen LogP contribution is -2.47. The van der Waals surface area contributed by atoms with E-state index < -0.39 is 0 Å². The summed E-state index contributed by atoms with van der Waals surface area (Å²) in [5, 5.41) is 8.10. The summed E-state index contributed by atoms with van der Waals surface area (Å²) in [6.45, 7) is 4.55. The van der Waals surface area contributed by atoms with Crippen LogP contribution >= 0.6 is 0 Å². The first kappa shape index (κ1) is 9.53. The first-order valence-electron chi connectivity index (χ1n) is 5.32. The molecule has 0 saturated carbocycles. The third kappa shape index (κ3) is 1.71. The van der Waals surface area contributed by atoms with Crippen molar-refractivity contribution in [3.05, 3.63) is 30.2 Å². The molecule has 1 aliphatic heterocycles. The van der Waals surface area contributed by atoms with Gasteiger partial charge in [0.1, 0.15) is 0 Å². The fourth-order valence-electron chi connectivity index (χ4n) is 1.94. The normalized spacial score (nSPS) is 17.6. The van der Waals surface area contributed by atoms with Gasteiger partial charge in [0.25, 0.3) is 0 Å². The molecule has 6 nitrogen and oxygen atoms in total. The molecule has 1 aliphatic rings. The fourth-order valence-corrected chi connectivity index (χ4v) is 1.94. The SMILES string of the molecule is Cc1nc(CN2CC(n3cccn3)C2)no1. The van der Waals surface area contributed by atoms with E-state index in [0.717, 1.165) is 25.5 Å². The molecule has 2 aromatic heterocycles. The van der Waals surface area contributed by atoms with E-state index in [1.807, 2.05) is 23.1 Å². The predicted molar refractivity (Wildman–Crippen MR) is 55.6 cm³/mol. The van der Waals surface area contributed by atoms with Gasteiger partial charge in [-0.1, -0.05) is 5.16 Å². The number of nitrogens with zero attached hydrogens (tertiary/aromatic N) is 5. The quantitative estimate of drug-likeness (QED) is 0.757. The molecule has 0 amide bonds. The zero-order valence-corrected chi connectivity index (χ0v) is 9.08. The minimum atomic E-state index is 0.489. The molecule has 6 heteroatoms. The van der Waals surface area contributed by atoms with Crippen LogP contribution < -0.4 is 0 Å². The Kier molecular flexibility index (Phi) is 2.21. The van der Waals surface area contributed by atoms with Crippen molar-refractivity contribution in [2.75, 3.05) is 13.1 Å². The molecule has 2 aromatic rings. The first-order valence-corrected chi connectivity index (χ1v) is 5.32. The Hall–Kier alpha value is -1.69. The maximum atomic E-state index is 4.93. The summed E-state index contributed by atoms with van der Waals surface area (Å²) in [6, 6.07) is 2.44. The lowest BCUT2D eigenvalue weighted by Gasteiger charge is -2.38. The second-order valence-electron chi connectivity index (χ2n) is 4.06. The molecule has 0 radical (unpaired) electrons. The summed E-state index contributed by atoms with van der Waals surface area (Å²) in [7, 11) is 0. The van der Waals surface area contributed by atoms with Crippen LogP contribution in [0.5, 0.6) is 0 Å². The Morgan fingerprint density at radius 2 is 2.38 bits per heavy atom. The van der Waals surface area contributed by atoms with Gasteiger partial charge >= 0.3 is 0 Å². The molecule has 3 rings (SSSR count). The molecule has 3 heterocycles. The highest BCUT2D eigenvalue weighted by molar-refractivity contribution is 4.92. The van der Waals surface area contributed by atoms with Crippen LogP contribution in [0.4, 0.5) is 0 Å². The molecule has 0 aromatic carbocycles. The maximum Gasteiger partial charge on any atom is 0.223 e. The fraction of sp³-hybridized carbons (Fsp3) is 0.500. The summed E-state index contributed by atoms with van der Waals surface area (Å²) < 4.78 is 6.93. The summed E-state index contributed by atoms with van der Waals surface area (Å²) in [5.41, 5.74) is 0. The van der Waals surface area contributed by atoms with E-state index in [2.05, 4.69) is 20.1 Å². The van der Waals surface area contributed by atoms with E-state index in [9.17, 15) is 0 Å². The first-order chi connectivity index (χ1) is 7.81. The summed E-state index contributed by atoms with van der Waals surface area (Å²) >= 11 is 0. The summed E-state index contributed by atoms with van der Waals surface area (Å²) in [6.07, 6.45) is 3.81. The molecule has 1 saturated heterocycles. The Balaban J connectivity index is 1.54. The number of aryl methyl sites for hydroxylation is 1. The second-order valence-corrected chi connectivity index (χ2v) is 4.06. The van der Waals surface area contributed by atoms with Gasteiger partial charge in [-0.25, -0.2) is 0 Å². The minimum Gasteiger partial charge on any atom is -0.340 e.